The van der Waals surface area contributed by atoms with Gasteiger partial charge < -0.3 is 11.1 Å². The first-order valence-electron chi connectivity index (χ1n) is 4.61. The highest BCUT2D eigenvalue weighted by atomic mass is 16.1. The van der Waals surface area contributed by atoms with Crippen molar-refractivity contribution in [1.82, 2.24) is 20.4 Å². The Balaban J connectivity index is 1.98. The molecule has 2 rings (SSSR count). The molecule has 0 aliphatic carbocycles. The third kappa shape index (κ3) is 2.32. The highest BCUT2D eigenvalue weighted by molar-refractivity contribution is 5.90. The number of hydrogen-bond acceptors (Lipinski definition) is 5. The van der Waals surface area contributed by atoms with Crippen molar-refractivity contribution in [3.8, 4) is 0 Å². The van der Waals surface area contributed by atoms with Gasteiger partial charge in [0.05, 0.1) is 6.20 Å². The first kappa shape index (κ1) is 10.1. The summed E-state index contributed by atoms with van der Waals surface area (Å²) in [7, 11) is 0. The molecule has 2 heterocycles. The van der Waals surface area contributed by atoms with Crippen molar-refractivity contribution in [3.05, 3.63) is 35.8 Å². The molecule has 0 bridgehead atoms. The zero-order valence-corrected chi connectivity index (χ0v) is 8.34. The SMILES string of the molecule is NC(=O)c1ccc(NCc2cn[nH]c2)nn1. The number of aromatic nitrogens is 4. The van der Waals surface area contributed by atoms with Crippen LogP contribution >= 0.6 is 0 Å². The molecule has 0 saturated carbocycles. The second-order valence-corrected chi connectivity index (χ2v) is 3.13. The number of nitrogens with one attached hydrogen (secondary N) is 2. The number of hydrogen-bond donors (Lipinski definition) is 3. The molecule has 0 radical (unpaired) electrons. The maximum absolute atomic E-state index is 10.7. The summed E-state index contributed by atoms with van der Waals surface area (Å²) in [5.74, 6) is -0.0138. The lowest BCUT2D eigenvalue weighted by molar-refractivity contribution is 0.0994. The third-order valence-electron chi connectivity index (χ3n) is 1.95. The lowest BCUT2D eigenvalue weighted by Gasteiger charge is -2.02. The summed E-state index contributed by atoms with van der Waals surface area (Å²) in [5.41, 5.74) is 6.19. The Hall–Kier alpha value is -2.44. The molecule has 7 heteroatoms. The Morgan fingerprint density at radius 1 is 1.44 bits per heavy atom. The Bertz CT molecular complexity index is 463. The molecule has 0 aliphatic heterocycles. The van der Waals surface area contributed by atoms with E-state index in [-0.39, 0.29) is 5.69 Å². The number of rotatable bonds is 4. The summed E-state index contributed by atoms with van der Waals surface area (Å²) in [5, 5.41) is 17.0. The van der Waals surface area contributed by atoms with Crippen molar-refractivity contribution in [2.75, 3.05) is 5.32 Å². The van der Waals surface area contributed by atoms with E-state index in [0.29, 0.717) is 12.4 Å². The summed E-state index contributed by atoms with van der Waals surface area (Å²) in [6, 6.07) is 3.17. The van der Waals surface area contributed by atoms with Crippen LogP contribution in [0.3, 0.4) is 0 Å². The van der Waals surface area contributed by atoms with Gasteiger partial charge in [0.15, 0.2) is 5.69 Å². The minimum atomic E-state index is -0.589. The van der Waals surface area contributed by atoms with E-state index in [1.54, 1.807) is 18.5 Å². The first-order valence-corrected chi connectivity index (χ1v) is 4.61. The topological polar surface area (TPSA) is 110 Å². The van der Waals surface area contributed by atoms with Gasteiger partial charge in [0, 0.05) is 18.3 Å². The highest BCUT2D eigenvalue weighted by Crippen LogP contribution is 2.04. The van der Waals surface area contributed by atoms with E-state index in [9.17, 15) is 4.79 Å². The summed E-state index contributed by atoms with van der Waals surface area (Å²) < 4.78 is 0. The number of H-pyrrole nitrogens is 1. The monoisotopic (exact) mass is 218 g/mol. The number of amides is 1. The Kier molecular flexibility index (Phi) is 2.77. The molecule has 1 amide bonds. The van der Waals surface area contributed by atoms with Gasteiger partial charge >= 0.3 is 0 Å². The smallest absolute Gasteiger partial charge is 0.269 e. The van der Waals surface area contributed by atoms with Crippen LogP contribution in [0.4, 0.5) is 5.82 Å². The van der Waals surface area contributed by atoms with Gasteiger partial charge in [0.1, 0.15) is 5.82 Å². The first-order chi connectivity index (χ1) is 7.75. The summed E-state index contributed by atoms with van der Waals surface area (Å²) in [6.45, 7) is 0.584. The summed E-state index contributed by atoms with van der Waals surface area (Å²) in [4.78, 5) is 10.7. The van der Waals surface area contributed by atoms with Gasteiger partial charge in [-0.05, 0) is 12.1 Å². The van der Waals surface area contributed by atoms with Gasteiger partial charge in [-0.2, -0.15) is 5.10 Å². The van der Waals surface area contributed by atoms with Crippen molar-refractivity contribution in [2.45, 2.75) is 6.54 Å². The maximum Gasteiger partial charge on any atom is 0.269 e. The van der Waals surface area contributed by atoms with Crippen molar-refractivity contribution in [3.63, 3.8) is 0 Å². The molecule has 7 nitrogen and oxygen atoms in total. The fourth-order valence-electron chi connectivity index (χ4n) is 1.12. The normalized spacial score (nSPS) is 10.0. The van der Waals surface area contributed by atoms with Crippen LogP contribution in [0.25, 0.3) is 0 Å². The Morgan fingerprint density at radius 2 is 2.31 bits per heavy atom. The van der Waals surface area contributed by atoms with Crippen molar-refractivity contribution >= 4 is 11.7 Å². The molecular weight excluding hydrogens is 208 g/mol. The maximum atomic E-state index is 10.7. The molecule has 0 unspecified atom stereocenters. The number of carbonyl (C=O) groups is 1. The van der Waals surface area contributed by atoms with Crippen LogP contribution in [-0.4, -0.2) is 26.3 Å². The average molecular weight is 218 g/mol. The molecule has 0 aliphatic rings. The van der Waals surface area contributed by atoms with Crippen LogP contribution in [-0.2, 0) is 6.54 Å². The molecule has 0 spiro atoms. The molecule has 16 heavy (non-hydrogen) atoms. The van der Waals surface area contributed by atoms with Crippen molar-refractivity contribution < 1.29 is 4.79 Å². The number of nitrogens with two attached hydrogens (primary N) is 1. The molecule has 0 saturated heterocycles. The fourth-order valence-corrected chi connectivity index (χ4v) is 1.12. The number of anilines is 1. The molecular formula is C9H10N6O. The Labute approximate surface area is 91.1 Å². The lowest BCUT2D eigenvalue weighted by Crippen LogP contribution is -2.14. The van der Waals surface area contributed by atoms with E-state index < -0.39 is 5.91 Å². The zero-order chi connectivity index (χ0) is 11.4. The van der Waals surface area contributed by atoms with Crippen molar-refractivity contribution in [1.29, 1.82) is 0 Å². The van der Waals surface area contributed by atoms with Gasteiger partial charge in [-0.15, -0.1) is 10.2 Å². The van der Waals surface area contributed by atoms with Crippen LogP contribution in [0.2, 0.25) is 0 Å². The second kappa shape index (κ2) is 4.39. The van der Waals surface area contributed by atoms with E-state index in [4.69, 9.17) is 5.73 Å². The van der Waals surface area contributed by atoms with E-state index in [0.717, 1.165) is 5.56 Å². The van der Waals surface area contributed by atoms with E-state index in [1.165, 1.54) is 6.07 Å². The van der Waals surface area contributed by atoms with Crippen LogP contribution in [0, 0.1) is 0 Å². The molecule has 4 N–H and O–H groups in total. The zero-order valence-electron chi connectivity index (χ0n) is 8.34. The van der Waals surface area contributed by atoms with Gasteiger partial charge in [0.25, 0.3) is 5.91 Å². The third-order valence-corrected chi connectivity index (χ3v) is 1.95. The number of nitrogens with zero attached hydrogens (tertiary/aromatic N) is 3. The van der Waals surface area contributed by atoms with Crippen molar-refractivity contribution in [2.24, 2.45) is 5.73 Å². The predicted molar refractivity (Wildman–Crippen MR) is 56.5 cm³/mol. The number of carbonyl (C=O) groups excluding carboxylic acids is 1. The summed E-state index contributed by atoms with van der Waals surface area (Å²) >= 11 is 0. The van der Waals surface area contributed by atoms with Crippen LogP contribution in [0.15, 0.2) is 24.5 Å². The largest absolute Gasteiger partial charge is 0.364 e. The lowest BCUT2D eigenvalue weighted by atomic mass is 10.3. The van der Waals surface area contributed by atoms with Gasteiger partial charge in [-0.25, -0.2) is 0 Å². The second-order valence-electron chi connectivity index (χ2n) is 3.13. The minimum Gasteiger partial charge on any atom is -0.364 e. The fraction of sp³-hybridized carbons (Fsp3) is 0.111. The molecule has 0 aromatic carbocycles. The van der Waals surface area contributed by atoms with Crippen LogP contribution in [0.5, 0.6) is 0 Å². The molecule has 0 fully saturated rings. The summed E-state index contributed by atoms with van der Waals surface area (Å²) in [6.07, 6.45) is 3.48. The highest BCUT2D eigenvalue weighted by Gasteiger charge is 2.02. The quantitative estimate of drug-likeness (QED) is 0.664. The van der Waals surface area contributed by atoms with E-state index in [1.807, 2.05) is 0 Å². The predicted octanol–water partition coefficient (Wildman–Crippen LogP) is -0.0893. The number of primary amides is 1. The van der Waals surface area contributed by atoms with Crippen LogP contribution < -0.4 is 11.1 Å². The van der Waals surface area contributed by atoms with E-state index >= 15 is 0 Å². The molecule has 2 aromatic rings. The minimum absolute atomic E-state index is 0.147. The molecule has 82 valence electrons. The molecule has 0 atom stereocenters. The molecule has 2 aromatic heterocycles. The van der Waals surface area contributed by atoms with Gasteiger partial charge in [-0.1, -0.05) is 0 Å². The standard InChI is InChI=1S/C9H10N6O/c10-9(16)7-1-2-8(15-14-7)11-3-6-4-12-13-5-6/h1-2,4-5H,3H2,(H2,10,16)(H,11,15)(H,12,13). The van der Waals surface area contributed by atoms with Crippen LogP contribution in [0.1, 0.15) is 16.1 Å². The average Bonchev–Trinajstić information content (AvgIpc) is 2.80. The van der Waals surface area contributed by atoms with Gasteiger partial charge in [-0.3, -0.25) is 9.89 Å². The van der Waals surface area contributed by atoms with E-state index in [2.05, 4.69) is 25.7 Å². The van der Waals surface area contributed by atoms with Gasteiger partial charge in [0.2, 0.25) is 0 Å². The number of aromatic amines is 1. The Morgan fingerprint density at radius 3 is 2.88 bits per heavy atom.